The lowest BCUT2D eigenvalue weighted by Crippen LogP contribution is -2.20. The molecule has 1 atom stereocenters. The number of nitrogens with one attached hydrogen (secondary N) is 2. The topological polar surface area (TPSA) is 84.5 Å². The number of thiophene rings is 1. The first kappa shape index (κ1) is 30.5. The van der Waals surface area contributed by atoms with E-state index in [1.165, 1.54) is 29.2 Å². The van der Waals surface area contributed by atoms with Crippen LogP contribution < -0.4 is 10.6 Å². The largest absolute Gasteiger partial charge is 0.462 e. The van der Waals surface area contributed by atoms with Crippen LogP contribution in [0, 0.1) is 0 Å². The fourth-order valence-corrected chi connectivity index (χ4v) is 6.51. The van der Waals surface area contributed by atoms with Crippen molar-refractivity contribution in [1.82, 2.24) is 0 Å². The lowest BCUT2D eigenvalue weighted by molar-refractivity contribution is -0.116. The molecule has 0 aliphatic rings. The molecule has 1 unspecified atom stereocenters. The van der Waals surface area contributed by atoms with Crippen LogP contribution in [0.3, 0.4) is 0 Å². The maximum Gasteiger partial charge on any atom is 0.341 e. The maximum absolute atomic E-state index is 13.9. The Morgan fingerprint density at radius 1 is 0.841 bits per heavy atom. The van der Waals surface area contributed by atoms with Gasteiger partial charge in [-0.05, 0) is 47.9 Å². The fourth-order valence-electron chi connectivity index (χ4n) is 4.47. The van der Waals surface area contributed by atoms with E-state index in [2.05, 4.69) is 10.6 Å². The monoisotopic (exact) mass is 618 g/mol. The molecule has 8 heteroatoms. The van der Waals surface area contributed by atoms with E-state index in [1.54, 1.807) is 19.1 Å². The van der Waals surface area contributed by atoms with E-state index < -0.39 is 11.2 Å². The summed E-state index contributed by atoms with van der Waals surface area (Å²) >= 11 is 2.64. The van der Waals surface area contributed by atoms with Crippen LogP contribution in [0.4, 0.5) is 10.7 Å². The van der Waals surface area contributed by atoms with E-state index in [4.69, 9.17) is 4.74 Å². The number of benzene rings is 4. The van der Waals surface area contributed by atoms with Crippen LogP contribution in [0.2, 0.25) is 0 Å². The lowest BCUT2D eigenvalue weighted by atomic mass is 10.0. The van der Waals surface area contributed by atoms with E-state index >= 15 is 0 Å². The van der Waals surface area contributed by atoms with Gasteiger partial charge in [0.25, 0.3) is 0 Å². The lowest BCUT2D eigenvalue weighted by Gasteiger charge is -2.18. The summed E-state index contributed by atoms with van der Waals surface area (Å²) in [5.74, 6) is -1.03. The van der Waals surface area contributed by atoms with Crippen molar-refractivity contribution in [1.29, 1.82) is 0 Å². The second-order valence-electron chi connectivity index (χ2n) is 9.60. The van der Waals surface area contributed by atoms with Gasteiger partial charge in [0.05, 0.1) is 6.61 Å². The molecule has 1 aromatic heterocycles. The number of carbonyl (C=O) groups is 3. The molecule has 2 N–H and O–H groups in total. The molecule has 0 aliphatic carbocycles. The van der Waals surface area contributed by atoms with Crippen molar-refractivity contribution >= 4 is 57.6 Å². The smallest absolute Gasteiger partial charge is 0.341 e. The first-order valence-corrected chi connectivity index (χ1v) is 15.8. The zero-order valence-electron chi connectivity index (χ0n) is 23.9. The third-order valence-electron chi connectivity index (χ3n) is 6.51. The van der Waals surface area contributed by atoms with Crippen LogP contribution in [-0.4, -0.2) is 24.4 Å². The maximum atomic E-state index is 13.9. The molecular weight excluding hydrogens is 589 g/mol. The van der Waals surface area contributed by atoms with Crippen LogP contribution >= 0.6 is 23.1 Å². The Labute approximate surface area is 264 Å². The van der Waals surface area contributed by atoms with Crippen molar-refractivity contribution in [3.63, 3.8) is 0 Å². The number of thioether (sulfide) groups is 1. The predicted octanol–water partition coefficient (Wildman–Crippen LogP) is 8.72. The normalized spacial score (nSPS) is 11.6. The Morgan fingerprint density at radius 3 is 2.23 bits per heavy atom. The highest BCUT2D eigenvalue weighted by Gasteiger charge is 2.27. The molecule has 0 saturated heterocycles. The molecule has 0 radical (unpaired) electrons. The molecule has 0 aliphatic heterocycles. The van der Waals surface area contributed by atoms with Crippen LogP contribution in [-0.2, 0) is 14.3 Å². The number of amides is 2. The van der Waals surface area contributed by atoms with Gasteiger partial charge in [0, 0.05) is 27.6 Å². The molecule has 0 bridgehead atoms. The van der Waals surface area contributed by atoms with Gasteiger partial charge in [-0.25, -0.2) is 4.79 Å². The van der Waals surface area contributed by atoms with Gasteiger partial charge in [-0.2, -0.15) is 0 Å². The molecule has 44 heavy (non-hydrogen) atoms. The number of carbonyl (C=O) groups excluding carboxylic acids is 3. The summed E-state index contributed by atoms with van der Waals surface area (Å²) in [6, 6.07) is 36.0. The quantitative estimate of drug-likeness (QED) is 0.0879. The highest BCUT2D eigenvalue weighted by atomic mass is 32.2. The summed E-state index contributed by atoms with van der Waals surface area (Å²) in [4.78, 5) is 40.4. The van der Waals surface area contributed by atoms with Gasteiger partial charge >= 0.3 is 5.97 Å². The molecule has 6 nitrogen and oxygen atoms in total. The van der Waals surface area contributed by atoms with Gasteiger partial charge in [0.2, 0.25) is 11.8 Å². The molecule has 1 heterocycles. The van der Waals surface area contributed by atoms with Gasteiger partial charge in [-0.1, -0.05) is 97.1 Å². The van der Waals surface area contributed by atoms with Crippen LogP contribution in [0.25, 0.3) is 17.2 Å². The van der Waals surface area contributed by atoms with Crippen molar-refractivity contribution in [3.8, 4) is 11.1 Å². The fraction of sp³-hybridized carbons (Fsp3) is 0.0833. The van der Waals surface area contributed by atoms with E-state index in [0.717, 1.165) is 21.6 Å². The Hall–Kier alpha value is -4.92. The zero-order valence-corrected chi connectivity index (χ0v) is 25.6. The van der Waals surface area contributed by atoms with E-state index in [0.29, 0.717) is 21.8 Å². The predicted molar refractivity (Wildman–Crippen MR) is 180 cm³/mol. The average molecular weight is 619 g/mol. The number of hydrogen-bond donors (Lipinski definition) is 2. The first-order valence-electron chi connectivity index (χ1n) is 14.0. The van der Waals surface area contributed by atoms with E-state index in [9.17, 15) is 14.4 Å². The minimum absolute atomic E-state index is 0.216. The number of ether oxygens (including phenoxy) is 1. The Bertz CT molecular complexity index is 1750. The summed E-state index contributed by atoms with van der Waals surface area (Å²) < 4.78 is 5.37. The van der Waals surface area contributed by atoms with Gasteiger partial charge in [0.15, 0.2) is 0 Å². The van der Waals surface area contributed by atoms with Crippen LogP contribution in [0.1, 0.15) is 33.7 Å². The standard InChI is InChI=1S/C36H30N2O4S2/c1-2-42-36(41)32-30(26-15-8-4-9-16-26)24-43-35(32)38-34(40)33(27-17-10-5-11-18-27)44-29-20-12-19-28(23-29)37-31(39)22-21-25-13-6-3-7-14-25/h3-24,33H,2H2,1H3,(H,37,39)(H,38,40)/b22-21+. The average Bonchev–Trinajstić information content (AvgIpc) is 3.48. The van der Waals surface area contributed by atoms with Gasteiger partial charge in [0.1, 0.15) is 15.8 Å². The summed E-state index contributed by atoms with van der Waals surface area (Å²) in [6.07, 6.45) is 3.24. The van der Waals surface area contributed by atoms with Crippen molar-refractivity contribution in [3.05, 3.63) is 143 Å². The minimum Gasteiger partial charge on any atom is -0.462 e. The van der Waals surface area contributed by atoms with Gasteiger partial charge < -0.3 is 15.4 Å². The summed E-state index contributed by atoms with van der Waals surface area (Å²) in [5.41, 5.74) is 4.24. The van der Waals surface area contributed by atoms with Crippen LogP contribution in [0.15, 0.2) is 132 Å². The zero-order chi connectivity index (χ0) is 30.7. The SMILES string of the molecule is CCOC(=O)c1c(-c2ccccc2)csc1NC(=O)C(Sc1cccc(NC(=O)/C=C/c2ccccc2)c1)c1ccccc1. The van der Waals surface area contributed by atoms with Gasteiger partial charge in [-0.3, -0.25) is 9.59 Å². The summed E-state index contributed by atoms with van der Waals surface area (Å²) in [7, 11) is 0. The van der Waals surface area contributed by atoms with Crippen molar-refractivity contribution in [2.45, 2.75) is 17.1 Å². The molecule has 220 valence electrons. The molecule has 4 aromatic carbocycles. The molecule has 5 aromatic rings. The summed E-state index contributed by atoms with van der Waals surface area (Å²) in [6.45, 7) is 1.97. The summed E-state index contributed by atoms with van der Waals surface area (Å²) in [5, 5.41) is 7.56. The van der Waals surface area contributed by atoms with Crippen molar-refractivity contribution in [2.24, 2.45) is 0 Å². The van der Waals surface area contributed by atoms with Crippen molar-refractivity contribution < 1.29 is 19.1 Å². The second-order valence-corrected chi connectivity index (χ2v) is 11.7. The van der Waals surface area contributed by atoms with Gasteiger partial charge in [-0.15, -0.1) is 23.1 Å². The third kappa shape index (κ3) is 7.92. The van der Waals surface area contributed by atoms with E-state index in [1.807, 2.05) is 115 Å². The van der Waals surface area contributed by atoms with Crippen LogP contribution in [0.5, 0.6) is 0 Å². The molecular formula is C36H30N2O4S2. The Kier molecular flexibility index (Phi) is 10.4. The molecule has 2 amide bonds. The highest BCUT2D eigenvalue weighted by molar-refractivity contribution is 8.00. The number of rotatable bonds is 11. The Morgan fingerprint density at radius 2 is 1.52 bits per heavy atom. The third-order valence-corrected chi connectivity index (χ3v) is 8.66. The van der Waals surface area contributed by atoms with Crippen molar-refractivity contribution in [2.75, 3.05) is 17.2 Å². The Balaban J connectivity index is 1.38. The van der Waals surface area contributed by atoms with E-state index in [-0.39, 0.29) is 18.4 Å². The second kappa shape index (κ2) is 15.0. The number of hydrogen-bond acceptors (Lipinski definition) is 6. The first-order chi connectivity index (χ1) is 21.5. The number of anilines is 2. The molecule has 0 fully saturated rings. The number of esters is 1. The molecule has 0 spiro atoms. The molecule has 0 saturated carbocycles. The minimum atomic E-state index is -0.641. The molecule has 5 rings (SSSR count). The highest BCUT2D eigenvalue weighted by Crippen LogP contribution is 2.40.